The van der Waals surface area contributed by atoms with Gasteiger partial charge in [0.25, 0.3) is 0 Å². The van der Waals surface area contributed by atoms with Crippen LogP contribution >= 0.6 is 0 Å². The number of nitrogens with zero attached hydrogens (tertiary/aromatic N) is 1. The molecule has 0 fully saturated rings. The first-order chi connectivity index (χ1) is 6.47. The van der Waals surface area contributed by atoms with Crippen LogP contribution in [0.4, 0.5) is 0 Å². The summed E-state index contributed by atoms with van der Waals surface area (Å²) in [6.45, 7) is -0.158. The molecule has 1 amide bonds. The lowest BCUT2D eigenvalue weighted by molar-refractivity contribution is -0.146. The quantitative estimate of drug-likeness (QED) is 0.608. The molecule has 0 saturated heterocycles. The Balaban J connectivity index is 3.87. The molecule has 6 nitrogen and oxygen atoms in total. The van der Waals surface area contributed by atoms with E-state index in [0.717, 1.165) is 4.90 Å². The first kappa shape index (κ1) is 12.4. The zero-order chi connectivity index (χ0) is 11.1. The predicted molar refractivity (Wildman–Crippen MR) is 46.5 cm³/mol. The Bertz CT molecular complexity index is 238. The van der Waals surface area contributed by atoms with Crippen molar-refractivity contribution < 1.29 is 24.2 Å². The number of hydrogen-bond acceptors (Lipinski definition) is 4. The maximum Gasteiger partial charge on any atom is 0.325 e. The molecule has 0 heterocycles. The van der Waals surface area contributed by atoms with Crippen LogP contribution in [-0.2, 0) is 19.1 Å². The number of methoxy groups -OCH3 is 1. The first-order valence-corrected chi connectivity index (χ1v) is 4.00. The standard InChI is InChI=1S/C8H13NO5/c1-9(5-8(13)14-2)6(10)3-4-7(11)12/h3-5H2,1-2H3,(H,11,12). The summed E-state index contributed by atoms with van der Waals surface area (Å²) in [5.74, 6) is -1.96. The van der Waals surface area contributed by atoms with Crippen LogP contribution in [0.2, 0.25) is 0 Å². The van der Waals surface area contributed by atoms with Crippen molar-refractivity contribution in [2.75, 3.05) is 20.7 Å². The van der Waals surface area contributed by atoms with Crippen molar-refractivity contribution in [2.45, 2.75) is 12.8 Å². The first-order valence-electron chi connectivity index (χ1n) is 4.00. The lowest BCUT2D eigenvalue weighted by Gasteiger charge is -2.14. The molecule has 0 rings (SSSR count). The second-order valence-corrected chi connectivity index (χ2v) is 2.72. The van der Waals surface area contributed by atoms with E-state index in [0.29, 0.717) is 0 Å². The van der Waals surface area contributed by atoms with Gasteiger partial charge in [-0.05, 0) is 0 Å². The molecule has 14 heavy (non-hydrogen) atoms. The van der Waals surface area contributed by atoms with Crippen molar-refractivity contribution in [3.8, 4) is 0 Å². The maximum absolute atomic E-state index is 11.2. The van der Waals surface area contributed by atoms with Gasteiger partial charge in [-0.2, -0.15) is 0 Å². The van der Waals surface area contributed by atoms with Crippen LogP contribution in [0.15, 0.2) is 0 Å². The fourth-order valence-corrected chi connectivity index (χ4v) is 0.751. The summed E-state index contributed by atoms with van der Waals surface area (Å²) in [5.41, 5.74) is 0. The number of hydrogen-bond donors (Lipinski definition) is 1. The van der Waals surface area contributed by atoms with Crippen molar-refractivity contribution >= 4 is 17.8 Å². The third kappa shape index (κ3) is 5.13. The Morgan fingerprint density at radius 3 is 2.29 bits per heavy atom. The van der Waals surface area contributed by atoms with Crippen LogP contribution in [0, 0.1) is 0 Å². The van der Waals surface area contributed by atoms with E-state index in [1.54, 1.807) is 0 Å². The second kappa shape index (κ2) is 5.95. The predicted octanol–water partition coefficient (Wildman–Crippen LogP) is -0.517. The van der Waals surface area contributed by atoms with Crippen LogP contribution in [0.5, 0.6) is 0 Å². The van der Waals surface area contributed by atoms with Gasteiger partial charge in [0, 0.05) is 13.5 Å². The number of carboxylic acids is 1. The van der Waals surface area contributed by atoms with Gasteiger partial charge in [0.1, 0.15) is 6.54 Å². The molecule has 80 valence electrons. The minimum Gasteiger partial charge on any atom is -0.481 e. The van der Waals surface area contributed by atoms with Gasteiger partial charge in [-0.3, -0.25) is 14.4 Å². The molecule has 0 spiro atoms. The average molecular weight is 203 g/mol. The molecular weight excluding hydrogens is 190 g/mol. The summed E-state index contributed by atoms with van der Waals surface area (Å²) in [4.78, 5) is 33.2. The Labute approximate surface area is 81.4 Å². The third-order valence-electron chi connectivity index (χ3n) is 1.57. The van der Waals surface area contributed by atoms with Crippen LogP contribution in [0.1, 0.15) is 12.8 Å². The Kier molecular flexibility index (Phi) is 5.28. The van der Waals surface area contributed by atoms with Gasteiger partial charge >= 0.3 is 11.9 Å². The van der Waals surface area contributed by atoms with Crippen molar-refractivity contribution in [1.29, 1.82) is 0 Å². The van der Waals surface area contributed by atoms with Crippen LogP contribution in [-0.4, -0.2) is 48.6 Å². The molecule has 0 aromatic rings. The molecule has 0 aromatic carbocycles. The summed E-state index contributed by atoms with van der Waals surface area (Å²) in [5, 5.41) is 8.31. The molecule has 0 radical (unpaired) electrons. The fourth-order valence-electron chi connectivity index (χ4n) is 0.751. The molecule has 0 aliphatic carbocycles. The van der Waals surface area contributed by atoms with Crippen molar-refractivity contribution in [3.05, 3.63) is 0 Å². The van der Waals surface area contributed by atoms with Crippen molar-refractivity contribution in [2.24, 2.45) is 0 Å². The molecule has 0 aliphatic rings. The molecule has 0 atom stereocenters. The number of carbonyl (C=O) groups excluding carboxylic acids is 2. The number of amides is 1. The summed E-state index contributed by atoms with van der Waals surface area (Å²) >= 11 is 0. The van der Waals surface area contributed by atoms with Crippen LogP contribution in [0.25, 0.3) is 0 Å². The molecule has 1 N–H and O–H groups in total. The number of rotatable bonds is 5. The molecular formula is C8H13NO5. The minimum atomic E-state index is -1.04. The fraction of sp³-hybridized carbons (Fsp3) is 0.625. The zero-order valence-electron chi connectivity index (χ0n) is 8.15. The summed E-state index contributed by atoms with van der Waals surface area (Å²) < 4.78 is 4.35. The number of esters is 1. The van der Waals surface area contributed by atoms with Crippen molar-refractivity contribution in [3.63, 3.8) is 0 Å². The van der Waals surface area contributed by atoms with E-state index in [9.17, 15) is 14.4 Å². The highest BCUT2D eigenvalue weighted by molar-refractivity contribution is 5.84. The summed E-state index contributed by atoms with van der Waals surface area (Å²) in [6.07, 6.45) is -0.340. The Hall–Kier alpha value is -1.59. The highest BCUT2D eigenvalue weighted by atomic mass is 16.5. The number of aliphatic carboxylic acids is 1. The largest absolute Gasteiger partial charge is 0.481 e. The zero-order valence-corrected chi connectivity index (χ0v) is 8.15. The van der Waals surface area contributed by atoms with Gasteiger partial charge in [-0.15, -0.1) is 0 Å². The number of likely N-dealkylation sites (N-methyl/N-ethyl adjacent to an activating group) is 1. The van der Waals surface area contributed by atoms with Crippen LogP contribution < -0.4 is 0 Å². The van der Waals surface area contributed by atoms with E-state index in [2.05, 4.69) is 4.74 Å². The lowest BCUT2D eigenvalue weighted by Crippen LogP contribution is -2.32. The smallest absolute Gasteiger partial charge is 0.325 e. The minimum absolute atomic E-state index is 0.108. The van der Waals surface area contributed by atoms with Gasteiger partial charge in [0.05, 0.1) is 13.5 Å². The number of carboxylic acid groups (broad SMARTS) is 1. The van der Waals surface area contributed by atoms with Crippen LogP contribution in [0.3, 0.4) is 0 Å². The van der Waals surface area contributed by atoms with E-state index in [-0.39, 0.29) is 19.4 Å². The molecule has 0 unspecified atom stereocenters. The number of carbonyl (C=O) groups is 3. The average Bonchev–Trinajstić information content (AvgIpc) is 2.13. The van der Waals surface area contributed by atoms with Gasteiger partial charge in [0.15, 0.2) is 0 Å². The van der Waals surface area contributed by atoms with E-state index in [1.807, 2.05) is 0 Å². The van der Waals surface area contributed by atoms with Gasteiger partial charge in [-0.25, -0.2) is 0 Å². The van der Waals surface area contributed by atoms with E-state index in [1.165, 1.54) is 14.2 Å². The molecule has 6 heteroatoms. The highest BCUT2D eigenvalue weighted by Crippen LogP contribution is 1.95. The monoisotopic (exact) mass is 203 g/mol. The SMILES string of the molecule is COC(=O)CN(C)C(=O)CCC(=O)O. The second-order valence-electron chi connectivity index (χ2n) is 2.72. The van der Waals surface area contributed by atoms with E-state index >= 15 is 0 Å². The van der Waals surface area contributed by atoms with Gasteiger partial charge in [0.2, 0.25) is 5.91 Å². The molecule has 0 saturated carbocycles. The highest BCUT2D eigenvalue weighted by Gasteiger charge is 2.13. The normalized spacial score (nSPS) is 9.29. The topological polar surface area (TPSA) is 83.9 Å². The maximum atomic E-state index is 11.2. The van der Waals surface area contributed by atoms with E-state index < -0.39 is 17.8 Å². The lowest BCUT2D eigenvalue weighted by atomic mass is 10.3. The Morgan fingerprint density at radius 1 is 1.29 bits per heavy atom. The van der Waals surface area contributed by atoms with Crippen molar-refractivity contribution in [1.82, 2.24) is 4.90 Å². The number of ether oxygens (including phenoxy) is 1. The molecule has 0 aromatic heterocycles. The van der Waals surface area contributed by atoms with Gasteiger partial charge in [-0.1, -0.05) is 0 Å². The third-order valence-corrected chi connectivity index (χ3v) is 1.57. The van der Waals surface area contributed by atoms with E-state index in [4.69, 9.17) is 5.11 Å². The summed E-state index contributed by atoms with van der Waals surface area (Å²) in [6, 6.07) is 0. The van der Waals surface area contributed by atoms with Gasteiger partial charge < -0.3 is 14.7 Å². The Morgan fingerprint density at radius 2 is 1.86 bits per heavy atom. The summed E-state index contributed by atoms with van der Waals surface area (Å²) in [7, 11) is 2.64. The molecule has 0 aliphatic heterocycles. The molecule has 0 bridgehead atoms.